The monoisotopic (exact) mass is 223 g/mol. The number of carbonyl (C=O) groups excluding carboxylic acids is 2. The Morgan fingerprint density at radius 1 is 1.56 bits per heavy atom. The second-order valence-corrected chi connectivity index (χ2v) is 3.96. The second kappa shape index (κ2) is 6.13. The first-order valence-corrected chi connectivity index (χ1v) is 5.35. The molecule has 0 aromatic carbocycles. The average Bonchev–Trinajstić information content (AvgIpc) is 2.26. The van der Waals surface area contributed by atoms with Gasteiger partial charge in [0.1, 0.15) is 0 Å². The van der Waals surface area contributed by atoms with Crippen LogP contribution in [0.3, 0.4) is 0 Å². The molecule has 5 heteroatoms. The van der Waals surface area contributed by atoms with Crippen molar-refractivity contribution in [3.05, 3.63) is 0 Å². The zero-order chi connectivity index (χ0) is 12.0. The Hall–Kier alpha value is -1.54. The quantitative estimate of drug-likeness (QED) is 0.596. The molecule has 0 spiro atoms. The van der Waals surface area contributed by atoms with Gasteiger partial charge in [0, 0.05) is 6.54 Å². The maximum absolute atomic E-state index is 11.4. The van der Waals surface area contributed by atoms with Crippen molar-refractivity contribution in [1.29, 1.82) is 0 Å². The Labute approximate surface area is 95.4 Å². The Kier molecular flexibility index (Phi) is 4.80. The molecule has 0 aliphatic carbocycles. The van der Waals surface area contributed by atoms with Crippen molar-refractivity contribution in [2.45, 2.75) is 12.8 Å². The summed E-state index contributed by atoms with van der Waals surface area (Å²) >= 11 is 0. The molecule has 1 heterocycles. The second-order valence-electron chi connectivity index (χ2n) is 3.96. The molecule has 1 aliphatic heterocycles. The van der Waals surface area contributed by atoms with E-state index in [0.717, 1.165) is 19.4 Å². The summed E-state index contributed by atoms with van der Waals surface area (Å²) in [6.07, 6.45) is 6.75. The van der Waals surface area contributed by atoms with Crippen LogP contribution < -0.4 is 11.1 Å². The minimum Gasteiger partial charge on any atom is -0.369 e. The number of nitrogens with one attached hydrogen (secondary N) is 1. The summed E-state index contributed by atoms with van der Waals surface area (Å²) in [6.45, 7) is 1.92. The van der Waals surface area contributed by atoms with Gasteiger partial charge in [-0.25, -0.2) is 0 Å². The van der Waals surface area contributed by atoms with Crippen LogP contribution in [0, 0.1) is 18.3 Å². The van der Waals surface area contributed by atoms with E-state index >= 15 is 0 Å². The normalized spacial score (nSPS) is 21.1. The SMILES string of the molecule is C#CCNC(=O)CN1CCCC(C(N)=O)C1. The third kappa shape index (κ3) is 3.91. The molecule has 2 amide bonds. The molecule has 1 saturated heterocycles. The highest BCUT2D eigenvalue weighted by molar-refractivity contribution is 5.79. The van der Waals surface area contributed by atoms with E-state index in [9.17, 15) is 9.59 Å². The van der Waals surface area contributed by atoms with Crippen molar-refractivity contribution in [1.82, 2.24) is 10.2 Å². The molecule has 1 atom stereocenters. The first kappa shape index (κ1) is 12.5. The number of rotatable bonds is 4. The van der Waals surface area contributed by atoms with E-state index in [0.29, 0.717) is 6.54 Å². The molecule has 1 fully saturated rings. The van der Waals surface area contributed by atoms with Gasteiger partial charge in [0.25, 0.3) is 0 Å². The minimum absolute atomic E-state index is 0.108. The molecule has 1 unspecified atom stereocenters. The van der Waals surface area contributed by atoms with Gasteiger partial charge in [-0.05, 0) is 19.4 Å². The summed E-state index contributed by atoms with van der Waals surface area (Å²) in [4.78, 5) is 24.3. The minimum atomic E-state index is -0.284. The number of amides is 2. The van der Waals surface area contributed by atoms with Crippen LogP contribution in [0.4, 0.5) is 0 Å². The number of terminal acetylenes is 1. The lowest BCUT2D eigenvalue weighted by atomic mass is 9.97. The topological polar surface area (TPSA) is 75.4 Å². The van der Waals surface area contributed by atoms with Gasteiger partial charge in [-0.1, -0.05) is 5.92 Å². The van der Waals surface area contributed by atoms with Crippen LogP contribution in [0.25, 0.3) is 0 Å². The number of hydrogen-bond acceptors (Lipinski definition) is 3. The molecule has 0 bridgehead atoms. The van der Waals surface area contributed by atoms with Crippen LogP contribution in [0.2, 0.25) is 0 Å². The molecule has 88 valence electrons. The number of piperidine rings is 1. The number of nitrogens with zero attached hydrogens (tertiary/aromatic N) is 1. The maximum Gasteiger partial charge on any atom is 0.234 e. The molecule has 1 aliphatic rings. The fourth-order valence-corrected chi connectivity index (χ4v) is 1.84. The maximum atomic E-state index is 11.4. The van der Waals surface area contributed by atoms with Gasteiger partial charge < -0.3 is 11.1 Å². The zero-order valence-corrected chi connectivity index (χ0v) is 9.24. The van der Waals surface area contributed by atoms with E-state index in [2.05, 4.69) is 11.2 Å². The third-order valence-corrected chi connectivity index (χ3v) is 2.66. The molecule has 16 heavy (non-hydrogen) atoms. The average molecular weight is 223 g/mol. The van der Waals surface area contributed by atoms with E-state index in [1.807, 2.05) is 4.90 Å². The van der Waals surface area contributed by atoms with Gasteiger partial charge in [0.15, 0.2) is 0 Å². The van der Waals surface area contributed by atoms with E-state index < -0.39 is 0 Å². The van der Waals surface area contributed by atoms with E-state index in [1.54, 1.807) is 0 Å². The molecular weight excluding hydrogens is 206 g/mol. The van der Waals surface area contributed by atoms with Crippen molar-refractivity contribution in [2.75, 3.05) is 26.2 Å². The summed E-state index contributed by atoms with van der Waals surface area (Å²) < 4.78 is 0. The Morgan fingerprint density at radius 3 is 2.94 bits per heavy atom. The van der Waals surface area contributed by atoms with Gasteiger partial charge in [0.2, 0.25) is 11.8 Å². The lowest BCUT2D eigenvalue weighted by Crippen LogP contribution is -2.45. The van der Waals surface area contributed by atoms with E-state index in [1.165, 1.54) is 0 Å². The molecule has 3 N–H and O–H groups in total. The van der Waals surface area contributed by atoms with Crippen molar-refractivity contribution >= 4 is 11.8 Å². The van der Waals surface area contributed by atoms with Gasteiger partial charge >= 0.3 is 0 Å². The number of likely N-dealkylation sites (tertiary alicyclic amines) is 1. The third-order valence-electron chi connectivity index (χ3n) is 2.66. The van der Waals surface area contributed by atoms with Crippen LogP contribution in [-0.4, -0.2) is 42.9 Å². The van der Waals surface area contributed by atoms with Crippen molar-refractivity contribution in [3.8, 4) is 12.3 Å². The van der Waals surface area contributed by atoms with E-state index in [4.69, 9.17) is 12.2 Å². The smallest absolute Gasteiger partial charge is 0.234 e. The van der Waals surface area contributed by atoms with Crippen molar-refractivity contribution in [2.24, 2.45) is 11.7 Å². The number of nitrogens with two attached hydrogens (primary N) is 1. The number of hydrogen-bond donors (Lipinski definition) is 2. The van der Waals surface area contributed by atoms with Crippen LogP contribution >= 0.6 is 0 Å². The Morgan fingerprint density at radius 2 is 2.31 bits per heavy atom. The molecule has 0 aromatic heterocycles. The lowest BCUT2D eigenvalue weighted by molar-refractivity contribution is -0.126. The predicted octanol–water partition coefficient (Wildman–Crippen LogP) is -1.07. The van der Waals surface area contributed by atoms with Gasteiger partial charge in [-0.15, -0.1) is 6.42 Å². The van der Waals surface area contributed by atoms with Crippen LogP contribution in [0.5, 0.6) is 0 Å². The largest absolute Gasteiger partial charge is 0.369 e. The summed E-state index contributed by atoms with van der Waals surface area (Å²) in [5, 5.41) is 2.59. The predicted molar refractivity (Wildman–Crippen MR) is 60.2 cm³/mol. The summed E-state index contributed by atoms with van der Waals surface area (Å²) in [6, 6.07) is 0. The fraction of sp³-hybridized carbons (Fsp3) is 0.636. The Balaban J connectivity index is 2.34. The number of carbonyl (C=O) groups is 2. The molecule has 5 nitrogen and oxygen atoms in total. The molecule has 0 saturated carbocycles. The first-order chi connectivity index (χ1) is 7.63. The number of primary amides is 1. The first-order valence-electron chi connectivity index (χ1n) is 5.35. The molecular formula is C11H17N3O2. The van der Waals surface area contributed by atoms with Crippen molar-refractivity contribution < 1.29 is 9.59 Å². The van der Waals surface area contributed by atoms with E-state index in [-0.39, 0.29) is 30.8 Å². The van der Waals surface area contributed by atoms with Crippen LogP contribution in [-0.2, 0) is 9.59 Å². The van der Waals surface area contributed by atoms with Gasteiger partial charge in [-0.2, -0.15) is 0 Å². The zero-order valence-electron chi connectivity index (χ0n) is 9.24. The van der Waals surface area contributed by atoms with Crippen LogP contribution in [0.1, 0.15) is 12.8 Å². The van der Waals surface area contributed by atoms with Crippen LogP contribution in [0.15, 0.2) is 0 Å². The summed E-state index contributed by atoms with van der Waals surface area (Å²) in [7, 11) is 0. The van der Waals surface area contributed by atoms with Gasteiger partial charge in [-0.3, -0.25) is 14.5 Å². The van der Waals surface area contributed by atoms with Crippen molar-refractivity contribution in [3.63, 3.8) is 0 Å². The van der Waals surface area contributed by atoms with Gasteiger partial charge in [0.05, 0.1) is 19.0 Å². The molecule has 1 rings (SSSR count). The molecule has 0 aromatic rings. The summed E-state index contributed by atoms with van der Waals surface area (Å²) in [5.74, 6) is 1.82. The highest BCUT2D eigenvalue weighted by Gasteiger charge is 2.24. The fourth-order valence-electron chi connectivity index (χ4n) is 1.84. The Bertz CT molecular complexity index is 309. The molecule has 0 radical (unpaired) electrons. The standard InChI is InChI=1S/C11H17N3O2/c1-2-5-13-10(15)8-14-6-3-4-9(7-14)11(12)16/h1,9H,3-8H2,(H2,12,16)(H,13,15). The highest BCUT2D eigenvalue weighted by Crippen LogP contribution is 2.15. The summed E-state index contributed by atoms with van der Waals surface area (Å²) in [5.41, 5.74) is 5.25. The lowest BCUT2D eigenvalue weighted by Gasteiger charge is -2.30. The highest BCUT2D eigenvalue weighted by atomic mass is 16.2.